The normalized spacial score (nSPS) is 23.2. The first-order valence-electron chi connectivity index (χ1n) is 12.5. The van der Waals surface area contributed by atoms with Crippen LogP contribution in [0, 0.1) is 5.92 Å². The van der Waals surface area contributed by atoms with E-state index in [0.717, 1.165) is 45.4 Å². The second-order valence-electron chi connectivity index (χ2n) is 9.68. The third-order valence-corrected chi connectivity index (χ3v) is 7.21. The fourth-order valence-corrected chi connectivity index (χ4v) is 5.31. The van der Waals surface area contributed by atoms with E-state index in [9.17, 15) is 9.90 Å². The van der Waals surface area contributed by atoms with E-state index in [2.05, 4.69) is 17.0 Å². The largest absolute Gasteiger partial charge is 0.508 e. The minimum absolute atomic E-state index is 0.0105. The molecule has 0 saturated carbocycles. The first kappa shape index (κ1) is 22.8. The van der Waals surface area contributed by atoms with Gasteiger partial charge in [0.2, 0.25) is 0 Å². The van der Waals surface area contributed by atoms with Gasteiger partial charge in [-0.3, -0.25) is 4.90 Å². The van der Waals surface area contributed by atoms with E-state index in [-0.39, 0.29) is 24.0 Å². The van der Waals surface area contributed by atoms with Crippen molar-refractivity contribution in [2.75, 3.05) is 39.4 Å². The second-order valence-corrected chi connectivity index (χ2v) is 9.68. The van der Waals surface area contributed by atoms with Gasteiger partial charge in [0.15, 0.2) is 11.5 Å². The van der Waals surface area contributed by atoms with Crippen LogP contribution in [0.25, 0.3) is 0 Å². The molecular formula is C27H34N2O5. The number of piperidine rings is 1. The maximum absolute atomic E-state index is 12.2. The number of ether oxygens (including phenoxy) is 3. The van der Waals surface area contributed by atoms with Crippen molar-refractivity contribution in [2.45, 2.75) is 44.2 Å². The van der Waals surface area contributed by atoms with Gasteiger partial charge >= 0.3 is 6.09 Å². The summed E-state index contributed by atoms with van der Waals surface area (Å²) >= 11 is 0. The smallest absolute Gasteiger partial charge is 0.410 e. The van der Waals surface area contributed by atoms with Gasteiger partial charge in [-0.05, 0) is 68.8 Å². The van der Waals surface area contributed by atoms with Crippen molar-refractivity contribution in [3.05, 3.63) is 54.1 Å². The highest BCUT2D eigenvalue weighted by Crippen LogP contribution is 2.35. The molecule has 0 spiro atoms. The Balaban J connectivity index is 1.02. The van der Waals surface area contributed by atoms with Gasteiger partial charge in [0, 0.05) is 19.2 Å². The van der Waals surface area contributed by atoms with Gasteiger partial charge in [0.1, 0.15) is 25.1 Å². The molecule has 3 heterocycles. The Morgan fingerprint density at radius 1 is 0.971 bits per heavy atom. The van der Waals surface area contributed by atoms with E-state index in [0.29, 0.717) is 30.6 Å². The SMILES string of the molecule is O=C1OC[C@H](Cc2ccccc2)N1CCCC1CCN(C[C@H]2COc3cc(O)ccc3O2)CC1. The quantitative estimate of drug-likeness (QED) is 0.632. The standard InChI is InChI=1S/C27H34N2O5/c30-23-8-9-25-26(16-23)32-19-24(34-25)17-28-13-10-20(11-14-28)7-4-12-29-22(18-33-27(29)31)15-21-5-2-1-3-6-21/h1-3,5-6,8-9,16,20,22,24,30H,4,7,10-15,17-19H2/t22-,24-/m0/s1. The number of carbonyl (C=O) groups excluding carboxylic acids is 1. The first-order valence-corrected chi connectivity index (χ1v) is 12.5. The lowest BCUT2D eigenvalue weighted by molar-refractivity contribution is 0.0467. The molecule has 1 amide bonds. The zero-order valence-corrected chi connectivity index (χ0v) is 19.6. The molecule has 34 heavy (non-hydrogen) atoms. The van der Waals surface area contributed by atoms with Crippen molar-refractivity contribution in [1.82, 2.24) is 9.80 Å². The van der Waals surface area contributed by atoms with E-state index in [1.165, 1.54) is 18.4 Å². The van der Waals surface area contributed by atoms with Crippen LogP contribution >= 0.6 is 0 Å². The van der Waals surface area contributed by atoms with E-state index in [4.69, 9.17) is 14.2 Å². The molecule has 7 heteroatoms. The number of phenolic OH excluding ortho intramolecular Hbond substituents is 1. The summed E-state index contributed by atoms with van der Waals surface area (Å²) < 4.78 is 17.2. The van der Waals surface area contributed by atoms with Crippen molar-refractivity contribution in [2.24, 2.45) is 5.92 Å². The lowest BCUT2D eigenvalue weighted by Crippen LogP contribution is -2.44. The third-order valence-electron chi connectivity index (χ3n) is 7.21. The van der Waals surface area contributed by atoms with Crippen molar-refractivity contribution in [3.8, 4) is 17.2 Å². The summed E-state index contributed by atoms with van der Waals surface area (Å²) in [5.41, 5.74) is 1.25. The van der Waals surface area contributed by atoms with Crippen LogP contribution < -0.4 is 9.47 Å². The van der Waals surface area contributed by atoms with Crippen LogP contribution in [0.5, 0.6) is 17.2 Å². The summed E-state index contributed by atoms with van der Waals surface area (Å²) in [7, 11) is 0. The molecule has 3 aliphatic heterocycles. The van der Waals surface area contributed by atoms with Gasteiger partial charge in [0.25, 0.3) is 0 Å². The molecule has 1 N–H and O–H groups in total. The molecule has 2 aromatic carbocycles. The lowest BCUT2D eigenvalue weighted by Gasteiger charge is -2.36. The highest BCUT2D eigenvalue weighted by molar-refractivity contribution is 5.70. The number of rotatable bonds is 8. The van der Waals surface area contributed by atoms with Gasteiger partial charge < -0.3 is 24.2 Å². The molecule has 3 aliphatic rings. The molecule has 2 aromatic rings. The van der Waals surface area contributed by atoms with Gasteiger partial charge in [-0.1, -0.05) is 30.3 Å². The zero-order valence-electron chi connectivity index (χ0n) is 19.6. The van der Waals surface area contributed by atoms with Crippen molar-refractivity contribution in [1.29, 1.82) is 0 Å². The molecule has 182 valence electrons. The van der Waals surface area contributed by atoms with Crippen LogP contribution in [-0.4, -0.2) is 72.5 Å². The number of benzene rings is 2. The van der Waals surface area contributed by atoms with Gasteiger partial charge in [-0.15, -0.1) is 0 Å². The molecule has 0 radical (unpaired) electrons. The Morgan fingerprint density at radius 2 is 1.79 bits per heavy atom. The average Bonchev–Trinajstić information content (AvgIpc) is 3.20. The summed E-state index contributed by atoms with van der Waals surface area (Å²) in [4.78, 5) is 16.6. The molecule has 0 aromatic heterocycles. The highest BCUT2D eigenvalue weighted by atomic mass is 16.6. The van der Waals surface area contributed by atoms with E-state index in [1.807, 2.05) is 23.1 Å². The summed E-state index contributed by atoms with van der Waals surface area (Å²) in [6, 6.07) is 15.5. The average molecular weight is 467 g/mol. The number of carbonyl (C=O) groups is 1. The predicted molar refractivity (Wildman–Crippen MR) is 128 cm³/mol. The summed E-state index contributed by atoms with van der Waals surface area (Å²) in [6.07, 6.45) is 5.22. The Labute approximate surface area is 201 Å². The van der Waals surface area contributed by atoms with Crippen molar-refractivity contribution in [3.63, 3.8) is 0 Å². The summed E-state index contributed by atoms with van der Waals surface area (Å²) in [5.74, 6) is 2.21. The number of phenols is 1. The first-order chi connectivity index (χ1) is 16.6. The second kappa shape index (κ2) is 10.6. The number of hydrogen-bond acceptors (Lipinski definition) is 6. The molecule has 0 bridgehead atoms. The molecule has 2 atom stereocenters. The molecule has 5 rings (SSSR count). The number of hydrogen-bond donors (Lipinski definition) is 1. The monoisotopic (exact) mass is 466 g/mol. The molecule has 0 unspecified atom stereocenters. The van der Waals surface area contributed by atoms with Gasteiger partial charge in [-0.25, -0.2) is 4.79 Å². The van der Waals surface area contributed by atoms with Crippen LogP contribution in [0.3, 0.4) is 0 Å². The Morgan fingerprint density at radius 3 is 2.62 bits per heavy atom. The van der Waals surface area contributed by atoms with Crippen LogP contribution in [-0.2, 0) is 11.2 Å². The fraction of sp³-hybridized carbons (Fsp3) is 0.519. The van der Waals surface area contributed by atoms with Crippen LogP contribution in [0.15, 0.2) is 48.5 Å². The number of aromatic hydroxyl groups is 1. The van der Waals surface area contributed by atoms with Gasteiger partial charge in [0.05, 0.1) is 6.04 Å². The summed E-state index contributed by atoms with van der Waals surface area (Å²) in [5, 5.41) is 9.58. The maximum atomic E-state index is 12.2. The van der Waals surface area contributed by atoms with Crippen LogP contribution in [0.2, 0.25) is 0 Å². The number of likely N-dealkylation sites (tertiary alicyclic amines) is 1. The number of amides is 1. The Hall–Kier alpha value is -2.93. The van der Waals surface area contributed by atoms with Crippen molar-refractivity contribution < 1.29 is 24.1 Å². The third kappa shape index (κ3) is 5.58. The number of fused-ring (bicyclic) bond motifs is 1. The van der Waals surface area contributed by atoms with Crippen molar-refractivity contribution >= 4 is 6.09 Å². The van der Waals surface area contributed by atoms with E-state index in [1.54, 1.807) is 18.2 Å². The van der Waals surface area contributed by atoms with Gasteiger partial charge in [-0.2, -0.15) is 0 Å². The van der Waals surface area contributed by atoms with E-state index >= 15 is 0 Å². The minimum Gasteiger partial charge on any atom is -0.508 e. The fourth-order valence-electron chi connectivity index (χ4n) is 5.31. The maximum Gasteiger partial charge on any atom is 0.410 e. The number of cyclic esters (lactones) is 1. The lowest BCUT2D eigenvalue weighted by atomic mass is 9.92. The topological polar surface area (TPSA) is 71.5 Å². The molecular weight excluding hydrogens is 432 g/mol. The molecule has 0 aliphatic carbocycles. The number of nitrogens with zero attached hydrogens (tertiary/aromatic N) is 2. The molecule has 2 fully saturated rings. The Kier molecular flexibility index (Phi) is 7.09. The highest BCUT2D eigenvalue weighted by Gasteiger charge is 2.33. The minimum atomic E-state index is -0.165. The zero-order chi connectivity index (χ0) is 23.3. The molecule has 7 nitrogen and oxygen atoms in total. The molecule has 2 saturated heterocycles. The Bertz CT molecular complexity index is 961. The van der Waals surface area contributed by atoms with E-state index < -0.39 is 0 Å². The predicted octanol–water partition coefficient (Wildman–Crippen LogP) is 4.09. The van der Waals surface area contributed by atoms with Crippen LogP contribution in [0.4, 0.5) is 4.79 Å². The van der Waals surface area contributed by atoms with Crippen LogP contribution in [0.1, 0.15) is 31.2 Å². The summed E-state index contributed by atoms with van der Waals surface area (Å²) in [6.45, 7) is 4.76.